The molecule has 2 aliphatic heterocycles. The molecule has 1 aliphatic carbocycles. The van der Waals surface area contributed by atoms with Crippen molar-refractivity contribution < 1.29 is 27.5 Å². The number of rotatable bonds is 5. The summed E-state index contributed by atoms with van der Waals surface area (Å²) in [7, 11) is 0. The molecule has 2 N–H and O–H groups in total. The molecule has 3 aliphatic rings. The van der Waals surface area contributed by atoms with E-state index < -0.39 is 59.1 Å². The van der Waals surface area contributed by atoms with E-state index in [0.29, 0.717) is 5.56 Å². The fourth-order valence-corrected chi connectivity index (χ4v) is 5.67. The maximum absolute atomic E-state index is 14.8. The molecule has 0 saturated carbocycles. The SMILES string of the molecule is CC(C)(C)[C@H](c1nc(C2=C(F)CCC(F)=C2)nn1Cc1cccc(F)c1)N1C[C@@H]2C(NC[C@@H]2F)[C@H](O)C1=O. The molecule has 1 unspecified atom stereocenters. The van der Waals surface area contributed by atoms with Gasteiger partial charge in [0.15, 0.2) is 11.6 Å². The number of halogens is 4. The smallest absolute Gasteiger partial charge is 0.253 e. The Kier molecular flexibility index (Phi) is 6.93. The van der Waals surface area contributed by atoms with Crippen LogP contribution in [0.25, 0.3) is 5.57 Å². The number of likely N-dealkylation sites (tertiary alicyclic amines) is 1. The van der Waals surface area contributed by atoms with Gasteiger partial charge in [0.25, 0.3) is 5.91 Å². The molecule has 1 aromatic heterocycles. The molecule has 0 bridgehead atoms. The molecule has 3 heterocycles. The number of allylic oxidation sites excluding steroid dienone is 4. The number of amides is 1. The molecule has 38 heavy (non-hydrogen) atoms. The van der Waals surface area contributed by atoms with Crippen molar-refractivity contribution in [3.05, 3.63) is 65.0 Å². The van der Waals surface area contributed by atoms with Gasteiger partial charge in [-0.05, 0) is 29.2 Å². The summed E-state index contributed by atoms with van der Waals surface area (Å²) < 4.78 is 59.1. The first-order valence-electron chi connectivity index (χ1n) is 12.7. The Morgan fingerprint density at radius 1 is 1.21 bits per heavy atom. The summed E-state index contributed by atoms with van der Waals surface area (Å²) in [5.41, 5.74) is -0.233. The van der Waals surface area contributed by atoms with Gasteiger partial charge >= 0.3 is 0 Å². The second kappa shape index (κ2) is 9.92. The van der Waals surface area contributed by atoms with Crippen molar-refractivity contribution in [2.75, 3.05) is 13.1 Å². The molecule has 2 saturated heterocycles. The number of hydrogen-bond donors (Lipinski definition) is 2. The van der Waals surface area contributed by atoms with Gasteiger partial charge in [-0.1, -0.05) is 32.9 Å². The number of aliphatic hydroxyl groups is 1. The molecule has 5 rings (SSSR count). The van der Waals surface area contributed by atoms with Crippen molar-refractivity contribution in [3.8, 4) is 0 Å². The summed E-state index contributed by atoms with van der Waals surface area (Å²) >= 11 is 0. The zero-order valence-corrected chi connectivity index (χ0v) is 21.5. The Morgan fingerprint density at radius 2 is 1.97 bits per heavy atom. The third kappa shape index (κ3) is 4.89. The first kappa shape index (κ1) is 26.6. The standard InChI is InChI=1S/C27H31F4N5O2/c1-27(2,3)23(35-13-18-20(31)11-32-21(18)22(37)26(35)38)25-33-24(17-10-16(29)7-8-19(17)30)34-36(25)12-14-5-4-6-15(28)9-14/h4-6,9-10,18,20-23,32,37H,7-8,11-13H2,1-3H3/t18-,20-,21?,22-,23-/m0/s1. The largest absolute Gasteiger partial charge is 0.382 e. The van der Waals surface area contributed by atoms with Gasteiger partial charge in [0.2, 0.25) is 0 Å². The third-order valence-corrected chi connectivity index (χ3v) is 7.47. The highest BCUT2D eigenvalue weighted by Crippen LogP contribution is 2.42. The van der Waals surface area contributed by atoms with Gasteiger partial charge in [0, 0.05) is 37.9 Å². The quantitative estimate of drug-likeness (QED) is 0.568. The zero-order chi connectivity index (χ0) is 27.4. The summed E-state index contributed by atoms with van der Waals surface area (Å²) in [5, 5.41) is 18.2. The second-order valence-corrected chi connectivity index (χ2v) is 11.3. The molecule has 2 fully saturated rings. The molecular formula is C27H31F4N5O2. The molecular weight excluding hydrogens is 502 g/mol. The Labute approximate surface area is 218 Å². The van der Waals surface area contributed by atoms with Crippen LogP contribution in [0.15, 0.2) is 42.0 Å². The van der Waals surface area contributed by atoms with Crippen LogP contribution >= 0.6 is 0 Å². The molecule has 7 nitrogen and oxygen atoms in total. The van der Waals surface area contributed by atoms with Crippen LogP contribution in [0.2, 0.25) is 0 Å². The number of fused-ring (bicyclic) bond motifs is 1. The van der Waals surface area contributed by atoms with Crippen LogP contribution in [0.5, 0.6) is 0 Å². The average molecular weight is 534 g/mol. The number of alkyl halides is 1. The Bertz CT molecular complexity index is 1300. The van der Waals surface area contributed by atoms with Gasteiger partial charge in [-0.2, -0.15) is 5.10 Å². The van der Waals surface area contributed by atoms with Gasteiger partial charge in [-0.25, -0.2) is 27.2 Å². The van der Waals surface area contributed by atoms with E-state index in [1.165, 1.54) is 21.7 Å². The van der Waals surface area contributed by atoms with Crippen molar-refractivity contribution >= 4 is 11.5 Å². The number of hydrogen-bond acceptors (Lipinski definition) is 5. The predicted octanol–water partition coefficient (Wildman–Crippen LogP) is 4.01. The normalized spacial score (nSPS) is 27.0. The van der Waals surface area contributed by atoms with E-state index in [2.05, 4.69) is 15.4 Å². The van der Waals surface area contributed by atoms with Crippen LogP contribution < -0.4 is 5.32 Å². The fraction of sp³-hybridized carbons (Fsp3) is 0.519. The van der Waals surface area contributed by atoms with Crippen LogP contribution in [-0.2, 0) is 11.3 Å². The van der Waals surface area contributed by atoms with Crippen LogP contribution in [0.3, 0.4) is 0 Å². The maximum Gasteiger partial charge on any atom is 0.253 e. The predicted molar refractivity (Wildman–Crippen MR) is 132 cm³/mol. The van der Waals surface area contributed by atoms with Gasteiger partial charge in [0.1, 0.15) is 29.7 Å². The molecule has 0 radical (unpaired) electrons. The van der Waals surface area contributed by atoms with E-state index in [1.54, 1.807) is 12.1 Å². The minimum absolute atomic E-state index is 0.0322. The highest BCUT2D eigenvalue weighted by atomic mass is 19.1. The molecule has 11 heteroatoms. The van der Waals surface area contributed by atoms with E-state index in [1.807, 2.05) is 20.8 Å². The third-order valence-electron chi connectivity index (χ3n) is 7.47. The molecule has 204 valence electrons. The van der Waals surface area contributed by atoms with Gasteiger partial charge in [-0.3, -0.25) is 4.79 Å². The summed E-state index contributed by atoms with van der Waals surface area (Å²) in [5.74, 6) is -2.53. The first-order chi connectivity index (χ1) is 17.9. The van der Waals surface area contributed by atoms with E-state index >= 15 is 0 Å². The lowest BCUT2D eigenvalue weighted by Gasteiger charge is -2.46. The van der Waals surface area contributed by atoms with Gasteiger partial charge < -0.3 is 15.3 Å². The zero-order valence-electron chi connectivity index (χ0n) is 21.5. The number of aromatic nitrogens is 3. The average Bonchev–Trinajstić information content (AvgIpc) is 3.41. The van der Waals surface area contributed by atoms with Crippen LogP contribution in [0.4, 0.5) is 17.6 Å². The minimum atomic E-state index is -1.45. The summed E-state index contributed by atoms with van der Waals surface area (Å²) in [4.78, 5) is 19.5. The van der Waals surface area contributed by atoms with Crippen molar-refractivity contribution in [3.63, 3.8) is 0 Å². The number of carbonyl (C=O) groups excluding carboxylic acids is 1. The number of carbonyl (C=O) groups is 1. The molecule has 5 atom stereocenters. The molecule has 2 aromatic rings. The molecule has 1 aromatic carbocycles. The highest BCUT2D eigenvalue weighted by molar-refractivity contribution is 5.83. The van der Waals surface area contributed by atoms with E-state index in [0.717, 1.165) is 6.08 Å². The van der Waals surface area contributed by atoms with E-state index in [9.17, 15) is 27.5 Å². The Hall–Kier alpha value is -3.05. The number of benzene rings is 1. The fourth-order valence-electron chi connectivity index (χ4n) is 5.67. The van der Waals surface area contributed by atoms with Crippen molar-refractivity contribution in [2.45, 2.75) is 64.5 Å². The summed E-state index contributed by atoms with van der Waals surface area (Å²) in [6.07, 6.45) is -1.82. The van der Waals surface area contributed by atoms with Crippen molar-refractivity contribution in [1.29, 1.82) is 0 Å². The van der Waals surface area contributed by atoms with Gasteiger partial charge in [-0.15, -0.1) is 0 Å². The summed E-state index contributed by atoms with van der Waals surface area (Å²) in [6, 6.07) is 4.37. The Balaban J connectivity index is 1.63. The lowest BCUT2D eigenvalue weighted by Crippen LogP contribution is -2.60. The lowest BCUT2D eigenvalue weighted by molar-refractivity contribution is -0.155. The first-order valence-corrected chi connectivity index (χ1v) is 12.7. The summed E-state index contributed by atoms with van der Waals surface area (Å²) in [6.45, 7) is 5.71. The second-order valence-electron chi connectivity index (χ2n) is 11.3. The molecule has 1 amide bonds. The van der Waals surface area contributed by atoms with Crippen LogP contribution in [0.1, 0.15) is 56.9 Å². The molecule has 0 spiro atoms. The number of nitrogens with one attached hydrogen (secondary N) is 1. The number of nitrogens with zero attached hydrogens (tertiary/aromatic N) is 4. The van der Waals surface area contributed by atoms with E-state index in [-0.39, 0.29) is 49.7 Å². The highest BCUT2D eigenvalue weighted by Gasteiger charge is 2.52. The van der Waals surface area contributed by atoms with Gasteiger partial charge in [0.05, 0.1) is 18.2 Å². The number of aliphatic hydroxyl groups excluding tert-OH is 1. The minimum Gasteiger partial charge on any atom is -0.382 e. The van der Waals surface area contributed by atoms with Crippen LogP contribution in [-0.4, -0.2) is 62.1 Å². The van der Waals surface area contributed by atoms with Crippen LogP contribution in [0, 0.1) is 17.2 Å². The Morgan fingerprint density at radius 3 is 2.68 bits per heavy atom. The van der Waals surface area contributed by atoms with E-state index in [4.69, 9.17) is 0 Å². The monoisotopic (exact) mass is 533 g/mol. The van der Waals surface area contributed by atoms with Crippen molar-refractivity contribution in [1.82, 2.24) is 25.0 Å². The number of piperidine rings is 1. The topological polar surface area (TPSA) is 83.3 Å². The lowest BCUT2D eigenvalue weighted by atomic mass is 9.81. The van der Waals surface area contributed by atoms with Crippen molar-refractivity contribution in [2.24, 2.45) is 11.3 Å². The maximum atomic E-state index is 14.8.